The van der Waals surface area contributed by atoms with Gasteiger partial charge in [0.1, 0.15) is 0 Å². The van der Waals surface area contributed by atoms with E-state index in [1.54, 1.807) is 0 Å². The number of amides is 2. The maximum absolute atomic E-state index is 12.4. The molecule has 3 rings (SSSR count). The SMILES string of the molecule is CC(C)c1ccc(CCC(=O)Nc2cccc(CN3CCCC3C(N)=O)c2)cc1. The van der Waals surface area contributed by atoms with Gasteiger partial charge in [-0.1, -0.05) is 50.2 Å². The van der Waals surface area contributed by atoms with Gasteiger partial charge in [-0.2, -0.15) is 0 Å². The number of rotatable bonds is 8. The lowest BCUT2D eigenvalue weighted by atomic mass is 10.0. The first-order valence-electron chi connectivity index (χ1n) is 10.4. The molecular formula is C24H31N3O2. The number of hydrogen-bond acceptors (Lipinski definition) is 3. The lowest BCUT2D eigenvalue weighted by molar-refractivity contribution is -0.122. The molecule has 0 bridgehead atoms. The molecule has 0 saturated carbocycles. The molecule has 1 fully saturated rings. The van der Waals surface area contributed by atoms with Crippen molar-refractivity contribution in [1.82, 2.24) is 4.90 Å². The van der Waals surface area contributed by atoms with Crippen molar-refractivity contribution < 1.29 is 9.59 Å². The van der Waals surface area contributed by atoms with Gasteiger partial charge >= 0.3 is 0 Å². The summed E-state index contributed by atoms with van der Waals surface area (Å²) in [5.41, 5.74) is 9.85. The van der Waals surface area contributed by atoms with Crippen molar-refractivity contribution in [3.05, 3.63) is 65.2 Å². The van der Waals surface area contributed by atoms with E-state index in [1.165, 1.54) is 11.1 Å². The standard InChI is InChI=1S/C24H31N3O2/c1-17(2)20-11-8-18(9-12-20)10-13-23(28)26-21-6-3-5-19(15-21)16-27-14-4-7-22(27)24(25)29/h3,5-6,8-9,11-12,15,17,22H,4,7,10,13-14,16H2,1-2H3,(H2,25,29)(H,26,28). The summed E-state index contributed by atoms with van der Waals surface area (Å²) in [4.78, 5) is 26.1. The predicted molar refractivity (Wildman–Crippen MR) is 117 cm³/mol. The number of hydrogen-bond donors (Lipinski definition) is 2. The number of carbonyl (C=O) groups excluding carboxylic acids is 2. The van der Waals surface area contributed by atoms with Crippen LogP contribution >= 0.6 is 0 Å². The van der Waals surface area contributed by atoms with Gasteiger partial charge in [-0.15, -0.1) is 0 Å². The Morgan fingerprint density at radius 1 is 1.14 bits per heavy atom. The third-order valence-corrected chi connectivity index (χ3v) is 5.58. The van der Waals surface area contributed by atoms with Crippen LogP contribution in [0, 0.1) is 0 Å². The van der Waals surface area contributed by atoms with Gasteiger partial charge in [0, 0.05) is 18.7 Å². The number of nitrogens with two attached hydrogens (primary N) is 1. The number of aryl methyl sites for hydroxylation is 1. The molecule has 2 aromatic rings. The molecule has 1 atom stereocenters. The van der Waals surface area contributed by atoms with Crippen molar-refractivity contribution in [2.45, 2.75) is 58.0 Å². The molecule has 0 aliphatic carbocycles. The van der Waals surface area contributed by atoms with Crippen molar-refractivity contribution in [2.24, 2.45) is 5.73 Å². The molecule has 1 aliphatic rings. The van der Waals surface area contributed by atoms with Crippen LogP contribution in [0.2, 0.25) is 0 Å². The molecule has 1 unspecified atom stereocenters. The van der Waals surface area contributed by atoms with Crippen molar-refractivity contribution in [3.63, 3.8) is 0 Å². The molecular weight excluding hydrogens is 362 g/mol. The third-order valence-electron chi connectivity index (χ3n) is 5.58. The number of nitrogens with zero attached hydrogens (tertiary/aromatic N) is 1. The Morgan fingerprint density at radius 3 is 2.59 bits per heavy atom. The summed E-state index contributed by atoms with van der Waals surface area (Å²) in [5.74, 6) is 0.262. The molecule has 1 saturated heterocycles. The second-order valence-corrected chi connectivity index (χ2v) is 8.18. The van der Waals surface area contributed by atoms with E-state index in [4.69, 9.17) is 5.73 Å². The van der Waals surface area contributed by atoms with Crippen LogP contribution in [-0.4, -0.2) is 29.3 Å². The summed E-state index contributed by atoms with van der Waals surface area (Å²) >= 11 is 0. The fraction of sp³-hybridized carbons (Fsp3) is 0.417. The summed E-state index contributed by atoms with van der Waals surface area (Å²) < 4.78 is 0. The Balaban J connectivity index is 1.52. The number of likely N-dealkylation sites (tertiary alicyclic amines) is 1. The van der Waals surface area contributed by atoms with Crippen LogP contribution in [0.15, 0.2) is 48.5 Å². The van der Waals surface area contributed by atoms with E-state index < -0.39 is 0 Å². The lowest BCUT2D eigenvalue weighted by Crippen LogP contribution is -2.39. The highest BCUT2D eigenvalue weighted by molar-refractivity contribution is 5.90. The van der Waals surface area contributed by atoms with Crippen LogP contribution in [-0.2, 0) is 22.6 Å². The highest BCUT2D eigenvalue weighted by Gasteiger charge is 2.28. The van der Waals surface area contributed by atoms with Gasteiger partial charge in [-0.25, -0.2) is 0 Å². The maximum Gasteiger partial charge on any atom is 0.234 e. The van der Waals surface area contributed by atoms with Gasteiger partial charge in [0.2, 0.25) is 11.8 Å². The van der Waals surface area contributed by atoms with Crippen molar-refractivity contribution >= 4 is 17.5 Å². The number of nitrogens with one attached hydrogen (secondary N) is 1. The molecule has 5 nitrogen and oxygen atoms in total. The zero-order valence-electron chi connectivity index (χ0n) is 17.4. The number of carbonyl (C=O) groups is 2. The minimum Gasteiger partial charge on any atom is -0.368 e. The molecule has 1 aliphatic heterocycles. The van der Waals surface area contributed by atoms with Gasteiger partial charge < -0.3 is 11.1 Å². The number of anilines is 1. The van der Waals surface area contributed by atoms with E-state index >= 15 is 0 Å². The minimum absolute atomic E-state index is 0.00581. The van der Waals surface area contributed by atoms with Gasteiger partial charge in [0.15, 0.2) is 0 Å². The van der Waals surface area contributed by atoms with Crippen LogP contribution < -0.4 is 11.1 Å². The van der Waals surface area contributed by atoms with E-state index in [9.17, 15) is 9.59 Å². The van der Waals surface area contributed by atoms with Crippen LogP contribution in [0.3, 0.4) is 0 Å². The summed E-state index contributed by atoms with van der Waals surface area (Å²) in [7, 11) is 0. The Bertz CT molecular complexity index is 845. The van der Waals surface area contributed by atoms with Gasteiger partial charge in [-0.3, -0.25) is 14.5 Å². The zero-order valence-corrected chi connectivity index (χ0v) is 17.4. The fourth-order valence-electron chi connectivity index (χ4n) is 3.87. The average molecular weight is 394 g/mol. The van der Waals surface area contributed by atoms with Crippen LogP contribution in [0.4, 0.5) is 5.69 Å². The number of primary amides is 1. The molecule has 2 aromatic carbocycles. The second kappa shape index (κ2) is 9.70. The summed E-state index contributed by atoms with van der Waals surface area (Å²) in [6.07, 6.45) is 2.98. The first-order valence-corrected chi connectivity index (χ1v) is 10.4. The van der Waals surface area contributed by atoms with Crippen molar-refractivity contribution in [3.8, 4) is 0 Å². The van der Waals surface area contributed by atoms with Crippen LogP contribution in [0.5, 0.6) is 0 Å². The lowest BCUT2D eigenvalue weighted by Gasteiger charge is -2.22. The highest BCUT2D eigenvalue weighted by atomic mass is 16.2. The first-order chi connectivity index (χ1) is 13.9. The van der Waals surface area contributed by atoms with Crippen molar-refractivity contribution in [2.75, 3.05) is 11.9 Å². The molecule has 0 aromatic heterocycles. The predicted octanol–water partition coefficient (Wildman–Crippen LogP) is 3.83. The van der Waals surface area contributed by atoms with Gasteiger partial charge in [-0.05, 0) is 60.5 Å². The van der Waals surface area contributed by atoms with Gasteiger partial charge in [0.25, 0.3) is 0 Å². The smallest absolute Gasteiger partial charge is 0.234 e. The molecule has 0 spiro atoms. The van der Waals surface area contributed by atoms with Gasteiger partial charge in [0.05, 0.1) is 6.04 Å². The largest absolute Gasteiger partial charge is 0.368 e. The maximum atomic E-state index is 12.4. The molecule has 5 heteroatoms. The minimum atomic E-state index is -0.256. The van der Waals surface area contributed by atoms with Crippen molar-refractivity contribution in [1.29, 1.82) is 0 Å². The fourth-order valence-corrected chi connectivity index (χ4v) is 3.87. The molecule has 29 heavy (non-hydrogen) atoms. The summed E-state index contributed by atoms with van der Waals surface area (Å²) in [5, 5.41) is 2.99. The topological polar surface area (TPSA) is 75.4 Å². The Morgan fingerprint density at radius 2 is 1.90 bits per heavy atom. The Labute approximate surface area is 173 Å². The van der Waals surface area contributed by atoms with E-state index in [-0.39, 0.29) is 17.9 Å². The molecule has 154 valence electrons. The summed E-state index contributed by atoms with van der Waals surface area (Å²) in [6.45, 7) is 5.89. The van der Waals surface area contributed by atoms with E-state index in [1.807, 2.05) is 24.3 Å². The third kappa shape index (κ3) is 5.91. The Hall–Kier alpha value is -2.66. The monoisotopic (exact) mass is 393 g/mol. The summed E-state index contributed by atoms with van der Waals surface area (Å²) in [6, 6.07) is 16.1. The van der Waals surface area contributed by atoms with Crippen LogP contribution in [0.25, 0.3) is 0 Å². The molecule has 1 heterocycles. The number of benzene rings is 2. The average Bonchev–Trinajstić information content (AvgIpc) is 3.15. The molecule has 2 amide bonds. The highest BCUT2D eigenvalue weighted by Crippen LogP contribution is 2.21. The second-order valence-electron chi connectivity index (χ2n) is 8.18. The molecule has 3 N–H and O–H groups in total. The first kappa shape index (κ1) is 21.1. The van der Waals surface area contributed by atoms with E-state index in [0.29, 0.717) is 18.9 Å². The zero-order chi connectivity index (χ0) is 20.8. The van der Waals surface area contributed by atoms with E-state index in [0.717, 1.165) is 37.1 Å². The van der Waals surface area contributed by atoms with Crippen LogP contribution in [0.1, 0.15) is 55.7 Å². The quantitative estimate of drug-likeness (QED) is 0.716. The normalized spacial score (nSPS) is 16.9. The van der Waals surface area contributed by atoms with E-state index in [2.05, 4.69) is 48.3 Å². The Kier molecular flexibility index (Phi) is 7.04. The molecule has 0 radical (unpaired) electrons.